The highest BCUT2D eigenvalue weighted by atomic mass is 32.2. The molecule has 1 saturated heterocycles. The number of para-hydroxylation sites is 1. The molecule has 3 aromatic carbocycles. The van der Waals surface area contributed by atoms with Gasteiger partial charge in [-0.05, 0) is 49.1 Å². The van der Waals surface area contributed by atoms with Crippen LogP contribution in [0, 0.1) is 13.8 Å². The molecule has 0 aromatic heterocycles. The van der Waals surface area contributed by atoms with Crippen LogP contribution < -0.4 is 9.80 Å². The molecule has 3 aromatic rings. The normalized spacial score (nSPS) is 17.8. The van der Waals surface area contributed by atoms with Crippen molar-refractivity contribution in [3.05, 3.63) is 100.0 Å². The molecule has 0 aliphatic carbocycles. The van der Waals surface area contributed by atoms with Crippen molar-refractivity contribution in [3.8, 4) is 0 Å². The Balaban J connectivity index is 1.54. The molecule has 0 bridgehead atoms. The summed E-state index contributed by atoms with van der Waals surface area (Å²) in [6.45, 7) is 4.54. The molecule has 0 unspecified atom stereocenters. The second-order valence-electron chi connectivity index (χ2n) is 8.14. The van der Waals surface area contributed by atoms with Gasteiger partial charge in [-0.25, -0.2) is 0 Å². The highest BCUT2D eigenvalue weighted by molar-refractivity contribution is 8.27. The van der Waals surface area contributed by atoms with Crippen LogP contribution in [0.1, 0.15) is 22.3 Å². The first-order valence-electron chi connectivity index (χ1n) is 10.8. The van der Waals surface area contributed by atoms with Gasteiger partial charge in [-0.3, -0.25) is 14.5 Å². The van der Waals surface area contributed by atoms with Crippen LogP contribution in [-0.4, -0.2) is 22.7 Å². The predicted octanol–water partition coefficient (Wildman–Crippen LogP) is 5.67. The number of hydrogen-bond donors (Lipinski definition) is 0. The summed E-state index contributed by atoms with van der Waals surface area (Å²) in [6, 6.07) is 23.6. The predicted molar refractivity (Wildman–Crippen MR) is 139 cm³/mol. The van der Waals surface area contributed by atoms with Crippen LogP contribution in [0.15, 0.2) is 77.7 Å². The maximum Gasteiger partial charge on any atom is 0.271 e. The van der Waals surface area contributed by atoms with Gasteiger partial charge >= 0.3 is 0 Å². The van der Waals surface area contributed by atoms with Crippen molar-refractivity contribution in [2.45, 2.75) is 20.3 Å². The number of rotatable bonds is 4. The number of fused-ring (bicyclic) bond motifs is 1. The Hall–Kier alpha value is -3.22. The third kappa shape index (κ3) is 3.69. The topological polar surface area (TPSA) is 40.6 Å². The van der Waals surface area contributed by atoms with Gasteiger partial charge < -0.3 is 4.90 Å². The summed E-state index contributed by atoms with van der Waals surface area (Å²) in [4.78, 5) is 31.0. The summed E-state index contributed by atoms with van der Waals surface area (Å²) in [5.74, 6) is -0.379. The van der Waals surface area contributed by atoms with Crippen molar-refractivity contribution >= 4 is 57.1 Å². The van der Waals surface area contributed by atoms with Gasteiger partial charge in [0, 0.05) is 12.1 Å². The number of carbonyl (C=O) groups excluding carboxylic acids is 2. The van der Waals surface area contributed by atoms with E-state index in [1.54, 1.807) is 9.80 Å². The van der Waals surface area contributed by atoms with Crippen LogP contribution in [0.4, 0.5) is 11.4 Å². The van der Waals surface area contributed by atoms with Crippen molar-refractivity contribution < 1.29 is 9.59 Å². The van der Waals surface area contributed by atoms with Crippen LogP contribution >= 0.6 is 24.0 Å². The molecule has 2 heterocycles. The molecule has 5 rings (SSSR count). The molecule has 1 fully saturated rings. The number of carbonyl (C=O) groups is 2. The van der Waals surface area contributed by atoms with Gasteiger partial charge in [0.05, 0.1) is 21.9 Å². The van der Waals surface area contributed by atoms with E-state index < -0.39 is 0 Å². The molecule has 6 heteroatoms. The lowest BCUT2D eigenvalue weighted by atomic mass is 10.1. The van der Waals surface area contributed by atoms with E-state index in [0.29, 0.717) is 21.3 Å². The molecular weight excluding hydrogens is 448 g/mol. The maximum absolute atomic E-state index is 13.6. The van der Waals surface area contributed by atoms with Gasteiger partial charge in [0.15, 0.2) is 4.32 Å². The maximum atomic E-state index is 13.6. The van der Waals surface area contributed by atoms with Gasteiger partial charge in [0.25, 0.3) is 11.8 Å². The first-order chi connectivity index (χ1) is 16.0. The highest BCUT2D eigenvalue weighted by Crippen LogP contribution is 2.46. The lowest BCUT2D eigenvalue weighted by molar-refractivity contribution is -0.115. The molecule has 4 nitrogen and oxygen atoms in total. The Morgan fingerprint density at radius 3 is 2.30 bits per heavy atom. The summed E-state index contributed by atoms with van der Waals surface area (Å²) in [7, 11) is 0. The lowest BCUT2D eigenvalue weighted by Crippen LogP contribution is -2.30. The Labute approximate surface area is 202 Å². The van der Waals surface area contributed by atoms with Crippen molar-refractivity contribution in [3.63, 3.8) is 0 Å². The molecule has 0 saturated carbocycles. The van der Waals surface area contributed by atoms with E-state index >= 15 is 0 Å². The Kier molecular flexibility index (Phi) is 5.64. The molecule has 0 spiro atoms. The van der Waals surface area contributed by atoms with Gasteiger partial charge in [-0.1, -0.05) is 84.6 Å². The van der Waals surface area contributed by atoms with Gasteiger partial charge in [0.1, 0.15) is 0 Å². The lowest BCUT2D eigenvalue weighted by Gasteiger charge is -2.18. The smallest absolute Gasteiger partial charge is 0.271 e. The number of aryl methyl sites for hydroxylation is 1. The van der Waals surface area contributed by atoms with Crippen molar-refractivity contribution in [1.29, 1.82) is 0 Å². The minimum atomic E-state index is -0.234. The van der Waals surface area contributed by atoms with Crippen molar-refractivity contribution in [2.24, 2.45) is 0 Å². The number of thiocarbonyl (C=S) groups is 1. The zero-order valence-electron chi connectivity index (χ0n) is 18.4. The SMILES string of the molecule is Cc1cccc(N2C(=O)/C(=C3/C(=O)N(CCc4ccccc4)c4ccccc43)SC2=S)c1C. The van der Waals surface area contributed by atoms with Crippen molar-refractivity contribution in [1.82, 2.24) is 0 Å². The van der Waals surface area contributed by atoms with E-state index in [0.717, 1.165) is 40.0 Å². The molecule has 2 amide bonds. The number of thioether (sulfide) groups is 1. The van der Waals surface area contributed by atoms with Crippen molar-refractivity contribution in [2.75, 3.05) is 16.3 Å². The Morgan fingerprint density at radius 1 is 0.818 bits per heavy atom. The number of hydrogen-bond acceptors (Lipinski definition) is 4. The number of amides is 2. The summed E-state index contributed by atoms with van der Waals surface area (Å²) in [6.07, 6.45) is 0.734. The van der Waals surface area contributed by atoms with Crippen LogP contribution in [0.25, 0.3) is 5.57 Å². The largest absolute Gasteiger partial charge is 0.307 e. The standard InChI is InChI=1S/C27H22N2O2S2/c1-17-9-8-14-21(18(17)2)29-26(31)24(33-27(29)32)23-20-12-6-7-13-22(20)28(25(23)30)16-15-19-10-4-3-5-11-19/h3-14H,15-16H2,1-2H3/b24-23-. The van der Waals surface area contributed by atoms with Crippen LogP contribution in [-0.2, 0) is 16.0 Å². The van der Waals surface area contributed by atoms with E-state index in [-0.39, 0.29) is 11.8 Å². The quantitative estimate of drug-likeness (QED) is 0.364. The highest BCUT2D eigenvalue weighted by Gasteiger charge is 2.42. The summed E-state index contributed by atoms with van der Waals surface area (Å²) in [5.41, 5.74) is 6.10. The average Bonchev–Trinajstić information content (AvgIpc) is 3.26. The molecule has 0 radical (unpaired) electrons. The summed E-state index contributed by atoms with van der Waals surface area (Å²) < 4.78 is 0.448. The average molecular weight is 471 g/mol. The fourth-order valence-electron chi connectivity index (χ4n) is 4.31. The number of benzene rings is 3. The van der Waals surface area contributed by atoms with Gasteiger partial charge in [0.2, 0.25) is 0 Å². The first-order valence-corrected chi connectivity index (χ1v) is 12.0. The fourth-order valence-corrected chi connectivity index (χ4v) is 5.67. The molecule has 33 heavy (non-hydrogen) atoms. The monoisotopic (exact) mass is 470 g/mol. The van der Waals surface area contributed by atoms with E-state index in [1.165, 1.54) is 11.8 Å². The third-order valence-electron chi connectivity index (χ3n) is 6.20. The van der Waals surface area contributed by atoms with Crippen LogP contribution in [0.3, 0.4) is 0 Å². The molecule has 164 valence electrons. The molecule has 2 aliphatic rings. The molecule has 2 aliphatic heterocycles. The number of anilines is 2. The zero-order chi connectivity index (χ0) is 23.1. The van der Waals surface area contributed by atoms with Crippen LogP contribution in [0.5, 0.6) is 0 Å². The zero-order valence-corrected chi connectivity index (χ0v) is 20.0. The molecule has 0 atom stereocenters. The first kappa shape index (κ1) is 21.6. The minimum absolute atomic E-state index is 0.145. The summed E-state index contributed by atoms with van der Waals surface area (Å²) >= 11 is 6.82. The second-order valence-corrected chi connectivity index (χ2v) is 9.79. The van der Waals surface area contributed by atoms with E-state index in [1.807, 2.05) is 74.5 Å². The molecular formula is C27H22N2O2S2. The molecule has 0 N–H and O–H groups in total. The van der Waals surface area contributed by atoms with Gasteiger partial charge in [-0.2, -0.15) is 0 Å². The Morgan fingerprint density at radius 2 is 1.52 bits per heavy atom. The minimum Gasteiger partial charge on any atom is -0.307 e. The van der Waals surface area contributed by atoms with Crippen LogP contribution in [0.2, 0.25) is 0 Å². The van der Waals surface area contributed by atoms with Gasteiger partial charge in [-0.15, -0.1) is 0 Å². The fraction of sp³-hybridized carbons (Fsp3) is 0.148. The summed E-state index contributed by atoms with van der Waals surface area (Å²) in [5, 5.41) is 0. The second kappa shape index (κ2) is 8.61. The van der Waals surface area contributed by atoms with E-state index in [9.17, 15) is 9.59 Å². The Bertz CT molecular complexity index is 1330. The van der Waals surface area contributed by atoms with E-state index in [2.05, 4.69) is 12.1 Å². The number of nitrogens with zero attached hydrogens (tertiary/aromatic N) is 2. The third-order valence-corrected chi connectivity index (χ3v) is 7.58. The van der Waals surface area contributed by atoms with E-state index in [4.69, 9.17) is 12.2 Å².